The molecule has 2 saturated heterocycles. The monoisotopic (exact) mass is 524 g/mol. The Morgan fingerprint density at radius 3 is 2.38 bits per heavy atom. The quantitative estimate of drug-likeness (QED) is 0.417. The third-order valence-electron chi connectivity index (χ3n) is 7.60. The number of fused-ring (bicyclic) bond motifs is 1. The van der Waals surface area contributed by atoms with Gasteiger partial charge in [0.1, 0.15) is 5.82 Å². The molecule has 2 fully saturated rings. The van der Waals surface area contributed by atoms with Gasteiger partial charge in [-0.05, 0) is 79.9 Å². The number of amides is 3. The molecule has 196 valence electrons. The molecule has 2 aliphatic heterocycles. The predicted molar refractivity (Wildman–Crippen MR) is 145 cm³/mol. The van der Waals surface area contributed by atoms with Gasteiger partial charge in [0.25, 0.3) is 0 Å². The van der Waals surface area contributed by atoms with Gasteiger partial charge in [-0.1, -0.05) is 32.4 Å². The van der Waals surface area contributed by atoms with Crippen molar-refractivity contribution >= 4 is 34.4 Å². The van der Waals surface area contributed by atoms with Gasteiger partial charge >= 0.3 is 6.03 Å². The molecule has 0 aliphatic carbocycles. The molecule has 0 bridgehead atoms. The lowest BCUT2D eigenvalue weighted by molar-refractivity contribution is -0.135. The van der Waals surface area contributed by atoms with E-state index in [1.807, 2.05) is 39.0 Å². The number of rotatable bonds is 5. The van der Waals surface area contributed by atoms with E-state index in [1.165, 1.54) is 22.6 Å². The fraction of sp³-hybridized carbons (Fsp3) is 0.448. The third kappa shape index (κ3) is 5.25. The first-order valence-electron chi connectivity index (χ1n) is 13.0. The van der Waals surface area contributed by atoms with Crippen LogP contribution in [0.4, 0.5) is 9.18 Å². The third-order valence-corrected chi connectivity index (χ3v) is 7.83. The van der Waals surface area contributed by atoms with Crippen molar-refractivity contribution in [1.82, 2.24) is 19.3 Å². The Kier molecular flexibility index (Phi) is 7.03. The summed E-state index contributed by atoms with van der Waals surface area (Å²) >= 11 is 6.37. The van der Waals surface area contributed by atoms with Gasteiger partial charge in [-0.25, -0.2) is 9.18 Å². The Morgan fingerprint density at radius 1 is 1.00 bits per heavy atom. The molecule has 0 radical (unpaired) electrons. The van der Waals surface area contributed by atoms with E-state index in [0.29, 0.717) is 30.6 Å². The molecule has 0 saturated carbocycles. The van der Waals surface area contributed by atoms with E-state index in [4.69, 9.17) is 11.6 Å². The Bertz CT molecular complexity index is 1310. The summed E-state index contributed by atoms with van der Waals surface area (Å²) in [5, 5.41) is 1.85. The predicted octanol–water partition coefficient (Wildman–Crippen LogP) is 5.91. The minimum Gasteiger partial charge on any atom is -0.321 e. The van der Waals surface area contributed by atoms with Crippen molar-refractivity contribution in [1.29, 1.82) is 0 Å². The molecule has 0 unspecified atom stereocenters. The maximum absolute atomic E-state index is 13.5. The lowest BCUT2D eigenvalue weighted by Crippen LogP contribution is -2.44. The molecule has 37 heavy (non-hydrogen) atoms. The molecule has 0 N–H and O–H groups in total. The number of hydrogen-bond acceptors (Lipinski definition) is 3. The van der Waals surface area contributed by atoms with Crippen LogP contribution in [0, 0.1) is 11.2 Å². The molecule has 2 aromatic carbocycles. The summed E-state index contributed by atoms with van der Waals surface area (Å²) in [6.45, 7) is 9.94. The van der Waals surface area contributed by atoms with E-state index in [2.05, 4.69) is 15.7 Å². The molecule has 2 aliphatic rings. The topological polar surface area (TPSA) is 48.8 Å². The average Bonchev–Trinajstić information content (AvgIpc) is 3.42. The second kappa shape index (κ2) is 10.1. The largest absolute Gasteiger partial charge is 0.326 e. The molecule has 6 nitrogen and oxygen atoms in total. The fourth-order valence-corrected chi connectivity index (χ4v) is 5.65. The highest BCUT2D eigenvalue weighted by atomic mass is 35.5. The van der Waals surface area contributed by atoms with Crippen LogP contribution in [0.15, 0.2) is 48.7 Å². The number of aromatic nitrogens is 1. The minimum absolute atomic E-state index is 0.110. The zero-order chi connectivity index (χ0) is 26.3. The maximum atomic E-state index is 13.5. The van der Waals surface area contributed by atoms with E-state index in [9.17, 15) is 14.0 Å². The van der Waals surface area contributed by atoms with E-state index in [-0.39, 0.29) is 17.8 Å². The van der Waals surface area contributed by atoms with E-state index in [0.717, 1.165) is 49.1 Å². The van der Waals surface area contributed by atoms with E-state index < -0.39 is 5.41 Å². The highest BCUT2D eigenvalue weighted by Gasteiger charge is 2.38. The summed E-state index contributed by atoms with van der Waals surface area (Å²) in [4.78, 5) is 30.9. The summed E-state index contributed by atoms with van der Waals surface area (Å²) < 4.78 is 15.6. The van der Waals surface area contributed by atoms with Gasteiger partial charge in [-0.15, -0.1) is 0 Å². The molecular formula is C29H34ClFN4O2. The van der Waals surface area contributed by atoms with Crippen molar-refractivity contribution in [3.63, 3.8) is 0 Å². The number of halogens is 2. The fourth-order valence-electron chi connectivity index (χ4n) is 5.48. The number of piperidine rings is 1. The Hall–Kier alpha value is -2.90. The number of urea groups is 1. The van der Waals surface area contributed by atoms with Crippen LogP contribution in [0.3, 0.4) is 0 Å². The highest BCUT2D eigenvalue weighted by Crippen LogP contribution is 2.37. The molecule has 3 aromatic rings. The van der Waals surface area contributed by atoms with Crippen LogP contribution in [-0.2, 0) is 4.79 Å². The lowest BCUT2D eigenvalue weighted by Gasteiger charge is -2.33. The maximum Gasteiger partial charge on any atom is 0.326 e. The number of imide groups is 1. The van der Waals surface area contributed by atoms with Crippen molar-refractivity contribution in [2.24, 2.45) is 5.41 Å². The first kappa shape index (κ1) is 25.7. The van der Waals surface area contributed by atoms with Crippen molar-refractivity contribution in [2.75, 3.05) is 39.3 Å². The zero-order valence-electron chi connectivity index (χ0n) is 21.7. The van der Waals surface area contributed by atoms with Crippen LogP contribution >= 0.6 is 11.6 Å². The second-order valence-corrected chi connectivity index (χ2v) is 11.6. The lowest BCUT2D eigenvalue weighted by atomic mass is 9.89. The average molecular weight is 525 g/mol. The van der Waals surface area contributed by atoms with Gasteiger partial charge in [0.05, 0.1) is 5.52 Å². The molecule has 1 aromatic heterocycles. The number of benzene rings is 2. The number of carbonyl (C=O) groups excluding carboxylic acids is 2. The van der Waals surface area contributed by atoms with Gasteiger partial charge < -0.3 is 14.4 Å². The Morgan fingerprint density at radius 2 is 1.70 bits per heavy atom. The number of hydrogen-bond donors (Lipinski definition) is 0. The summed E-state index contributed by atoms with van der Waals surface area (Å²) in [5.41, 5.74) is 2.70. The summed E-state index contributed by atoms with van der Waals surface area (Å²) in [6.07, 6.45) is 4.20. The SMILES string of the molecule is CC(C)(C)C(=O)N1CCN(CCN2CCC(c3cn(-c4ccc(F)cc4)c4ccc(Cl)cc34)CC2)C1=O. The highest BCUT2D eigenvalue weighted by molar-refractivity contribution is 6.31. The van der Waals surface area contributed by atoms with Crippen molar-refractivity contribution in [3.8, 4) is 5.69 Å². The van der Waals surface area contributed by atoms with Crippen LogP contribution in [0.1, 0.15) is 45.1 Å². The van der Waals surface area contributed by atoms with Crippen LogP contribution in [0.5, 0.6) is 0 Å². The number of likely N-dealkylation sites (tertiary alicyclic amines) is 1. The van der Waals surface area contributed by atoms with Gasteiger partial charge in [-0.3, -0.25) is 9.69 Å². The van der Waals surface area contributed by atoms with Crippen LogP contribution in [0.2, 0.25) is 5.02 Å². The smallest absolute Gasteiger partial charge is 0.321 e. The number of nitrogens with zero attached hydrogens (tertiary/aromatic N) is 4. The standard InChI is InChI=1S/C29H34ClFN4O2/c1-29(2,3)27(36)34-17-16-33(28(34)37)15-14-32-12-10-20(11-13-32)25-19-35(23-7-5-22(31)6-8-23)26-9-4-21(30)18-24(25)26/h4-9,18-20H,10-17H2,1-3H3. The summed E-state index contributed by atoms with van der Waals surface area (Å²) in [6, 6.07) is 12.4. The minimum atomic E-state index is -0.558. The van der Waals surface area contributed by atoms with Crippen molar-refractivity contribution < 1.29 is 14.0 Å². The first-order chi connectivity index (χ1) is 17.6. The molecular weight excluding hydrogens is 491 g/mol. The zero-order valence-corrected chi connectivity index (χ0v) is 22.5. The molecule has 0 spiro atoms. The molecule has 5 rings (SSSR count). The summed E-state index contributed by atoms with van der Waals surface area (Å²) in [5.74, 6) is 0.0351. The van der Waals surface area contributed by atoms with Gasteiger partial charge in [0.15, 0.2) is 0 Å². The molecule has 8 heteroatoms. The van der Waals surface area contributed by atoms with Gasteiger partial charge in [0, 0.05) is 53.9 Å². The van der Waals surface area contributed by atoms with E-state index >= 15 is 0 Å². The van der Waals surface area contributed by atoms with Crippen LogP contribution in [-0.4, -0.2) is 70.5 Å². The van der Waals surface area contributed by atoms with Crippen molar-refractivity contribution in [2.45, 2.75) is 39.5 Å². The van der Waals surface area contributed by atoms with Gasteiger partial charge in [0.2, 0.25) is 5.91 Å². The van der Waals surface area contributed by atoms with E-state index in [1.54, 1.807) is 17.0 Å². The summed E-state index contributed by atoms with van der Waals surface area (Å²) in [7, 11) is 0. The van der Waals surface area contributed by atoms with Crippen molar-refractivity contribution in [3.05, 3.63) is 65.1 Å². The van der Waals surface area contributed by atoms with Crippen LogP contribution in [0.25, 0.3) is 16.6 Å². The molecule has 3 heterocycles. The van der Waals surface area contributed by atoms with Gasteiger partial charge in [-0.2, -0.15) is 0 Å². The Balaban J connectivity index is 1.23. The number of carbonyl (C=O) groups is 2. The Labute approximate surface area is 222 Å². The van der Waals surface area contributed by atoms with Crippen LogP contribution < -0.4 is 0 Å². The second-order valence-electron chi connectivity index (χ2n) is 11.2. The first-order valence-corrected chi connectivity index (χ1v) is 13.4. The molecule has 3 amide bonds. The normalized spacial score (nSPS) is 17.8. The molecule has 0 atom stereocenters.